The topological polar surface area (TPSA) is 17.1 Å². The summed E-state index contributed by atoms with van der Waals surface area (Å²) in [5.41, 5.74) is 1.88. The van der Waals surface area contributed by atoms with Crippen LogP contribution in [0.25, 0.3) is 0 Å². The highest BCUT2D eigenvalue weighted by Gasteiger charge is 2.18. The third kappa shape index (κ3) is 2.92. The number of Topliss-reactive ketones (excluding diaryl/α,β-unsaturated/α-hetero) is 1. The summed E-state index contributed by atoms with van der Waals surface area (Å²) in [7, 11) is 0. The minimum absolute atomic E-state index is 0.0969. The molecule has 0 atom stereocenters. The Hall–Kier alpha value is -1.31. The lowest BCUT2D eigenvalue weighted by Crippen LogP contribution is -2.10. The number of benzene rings is 2. The molecule has 0 aliphatic heterocycles. The molecule has 0 unspecified atom stereocenters. The minimum atomic E-state index is -0.264. The van der Waals surface area contributed by atoms with Crippen molar-refractivity contribution < 1.29 is 4.79 Å². The molecule has 2 aromatic rings. The summed E-state index contributed by atoms with van der Waals surface area (Å²) >= 11 is 11.7. The van der Waals surface area contributed by atoms with Gasteiger partial charge in [0, 0.05) is 10.0 Å². The van der Waals surface area contributed by atoms with Crippen LogP contribution in [0.4, 0.5) is 0 Å². The molecule has 0 spiro atoms. The summed E-state index contributed by atoms with van der Waals surface area (Å²) in [6.45, 7) is 1.59. The van der Waals surface area contributed by atoms with Crippen LogP contribution in [0.5, 0.6) is 0 Å². The second-order valence-corrected chi connectivity index (χ2v) is 5.02. The lowest BCUT2D eigenvalue weighted by Gasteiger charge is -2.15. The summed E-state index contributed by atoms with van der Waals surface area (Å²) in [5, 5.41) is 1.33. The van der Waals surface area contributed by atoms with Gasteiger partial charge in [0.1, 0.15) is 5.78 Å². The molecule has 18 heavy (non-hydrogen) atoms. The van der Waals surface area contributed by atoms with E-state index < -0.39 is 0 Å². The van der Waals surface area contributed by atoms with Gasteiger partial charge in [-0.05, 0) is 42.3 Å². The van der Waals surface area contributed by atoms with Crippen molar-refractivity contribution in [1.82, 2.24) is 0 Å². The van der Waals surface area contributed by atoms with Crippen LogP contribution < -0.4 is 0 Å². The maximum Gasteiger partial charge on any atom is 0.141 e. The van der Waals surface area contributed by atoms with Gasteiger partial charge in [-0.3, -0.25) is 4.79 Å². The van der Waals surface area contributed by atoms with Gasteiger partial charge < -0.3 is 0 Å². The van der Waals surface area contributed by atoms with Gasteiger partial charge >= 0.3 is 0 Å². The number of hydrogen-bond acceptors (Lipinski definition) is 1. The Morgan fingerprint density at radius 1 is 0.833 bits per heavy atom. The van der Waals surface area contributed by atoms with E-state index in [1.165, 1.54) is 0 Å². The van der Waals surface area contributed by atoms with Crippen LogP contribution >= 0.6 is 23.2 Å². The van der Waals surface area contributed by atoms with Crippen LogP contribution in [-0.2, 0) is 4.79 Å². The largest absolute Gasteiger partial charge is 0.299 e. The molecule has 0 radical (unpaired) electrons. The van der Waals surface area contributed by atoms with Crippen molar-refractivity contribution in [2.24, 2.45) is 0 Å². The Balaban J connectivity index is 2.43. The lowest BCUT2D eigenvalue weighted by atomic mass is 9.88. The van der Waals surface area contributed by atoms with Gasteiger partial charge in [0.25, 0.3) is 0 Å². The van der Waals surface area contributed by atoms with Crippen molar-refractivity contribution in [3.8, 4) is 0 Å². The highest BCUT2D eigenvalue weighted by molar-refractivity contribution is 6.30. The van der Waals surface area contributed by atoms with E-state index in [1.54, 1.807) is 31.2 Å². The molecule has 0 aliphatic rings. The van der Waals surface area contributed by atoms with Crippen molar-refractivity contribution in [2.45, 2.75) is 12.8 Å². The van der Waals surface area contributed by atoms with Crippen molar-refractivity contribution in [3.05, 3.63) is 69.7 Å². The molecule has 0 saturated carbocycles. The van der Waals surface area contributed by atoms with Crippen molar-refractivity contribution >= 4 is 29.0 Å². The number of carbonyl (C=O) groups is 1. The fraction of sp³-hybridized carbons (Fsp3) is 0.133. The van der Waals surface area contributed by atoms with Gasteiger partial charge in [0.15, 0.2) is 0 Å². The quantitative estimate of drug-likeness (QED) is 0.794. The second-order valence-electron chi connectivity index (χ2n) is 4.15. The fourth-order valence-electron chi connectivity index (χ4n) is 1.97. The number of hydrogen-bond donors (Lipinski definition) is 0. The normalized spacial score (nSPS) is 10.7. The van der Waals surface area contributed by atoms with Crippen LogP contribution in [0.2, 0.25) is 10.0 Å². The maximum atomic E-state index is 11.8. The van der Waals surface area contributed by atoms with E-state index in [2.05, 4.69) is 0 Å². The molecule has 2 rings (SSSR count). The predicted molar refractivity (Wildman–Crippen MR) is 75.4 cm³/mol. The first-order valence-electron chi connectivity index (χ1n) is 5.59. The van der Waals surface area contributed by atoms with Crippen molar-refractivity contribution in [3.63, 3.8) is 0 Å². The standard InChI is InChI=1S/C15H12Cl2O/c1-10(18)15(11-2-6-13(16)7-3-11)12-4-8-14(17)9-5-12/h2-9,15H,1H3. The zero-order valence-corrected chi connectivity index (χ0v) is 11.4. The molecule has 0 aliphatic carbocycles. The Morgan fingerprint density at radius 3 is 1.44 bits per heavy atom. The summed E-state index contributed by atoms with van der Waals surface area (Å²) < 4.78 is 0. The molecule has 1 nitrogen and oxygen atoms in total. The second kappa shape index (κ2) is 5.55. The fourth-order valence-corrected chi connectivity index (χ4v) is 2.22. The Labute approximate surface area is 116 Å². The third-order valence-electron chi connectivity index (χ3n) is 2.81. The zero-order valence-electron chi connectivity index (χ0n) is 9.86. The van der Waals surface area contributed by atoms with Crippen LogP contribution in [0.3, 0.4) is 0 Å². The highest BCUT2D eigenvalue weighted by atomic mass is 35.5. The molecule has 0 saturated heterocycles. The molecule has 0 heterocycles. The van der Waals surface area contributed by atoms with E-state index in [0.29, 0.717) is 10.0 Å². The molecule has 3 heteroatoms. The molecule has 0 fully saturated rings. The molecule has 0 amide bonds. The smallest absolute Gasteiger partial charge is 0.141 e. The molecule has 0 bridgehead atoms. The van der Waals surface area contributed by atoms with Crippen LogP contribution in [0, 0.1) is 0 Å². The third-order valence-corrected chi connectivity index (χ3v) is 3.32. The first kappa shape index (κ1) is 13.1. The van der Waals surface area contributed by atoms with E-state index in [-0.39, 0.29) is 11.7 Å². The van der Waals surface area contributed by atoms with Crippen LogP contribution in [0.15, 0.2) is 48.5 Å². The monoisotopic (exact) mass is 278 g/mol. The molecule has 0 N–H and O–H groups in total. The Morgan fingerprint density at radius 2 is 1.17 bits per heavy atom. The highest BCUT2D eigenvalue weighted by Crippen LogP contribution is 2.27. The minimum Gasteiger partial charge on any atom is -0.299 e. The van der Waals surface area contributed by atoms with Gasteiger partial charge in [-0.1, -0.05) is 47.5 Å². The maximum absolute atomic E-state index is 11.8. The first-order valence-corrected chi connectivity index (χ1v) is 6.35. The molecule has 0 aromatic heterocycles. The average molecular weight is 279 g/mol. The van der Waals surface area contributed by atoms with Crippen molar-refractivity contribution in [1.29, 1.82) is 0 Å². The van der Waals surface area contributed by atoms with E-state index in [0.717, 1.165) is 11.1 Å². The summed E-state index contributed by atoms with van der Waals surface area (Å²) in [5.74, 6) is -0.167. The van der Waals surface area contributed by atoms with Gasteiger partial charge in [0.05, 0.1) is 5.92 Å². The van der Waals surface area contributed by atoms with E-state index >= 15 is 0 Å². The first-order chi connectivity index (χ1) is 8.58. The van der Waals surface area contributed by atoms with E-state index in [4.69, 9.17) is 23.2 Å². The summed E-state index contributed by atoms with van der Waals surface area (Å²) in [6, 6.07) is 14.7. The average Bonchev–Trinajstić information content (AvgIpc) is 2.34. The van der Waals surface area contributed by atoms with Gasteiger partial charge in [0.2, 0.25) is 0 Å². The molecular formula is C15H12Cl2O. The van der Waals surface area contributed by atoms with E-state index in [1.807, 2.05) is 24.3 Å². The number of carbonyl (C=O) groups excluding carboxylic acids is 1. The van der Waals surface area contributed by atoms with Gasteiger partial charge in [-0.25, -0.2) is 0 Å². The predicted octanol–water partition coefficient (Wildman–Crippen LogP) is 4.71. The molecular weight excluding hydrogens is 267 g/mol. The summed E-state index contributed by atoms with van der Waals surface area (Å²) in [4.78, 5) is 11.8. The summed E-state index contributed by atoms with van der Waals surface area (Å²) in [6.07, 6.45) is 0. The molecule has 92 valence electrons. The Bertz CT molecular complexity index is 498. The van der Waals surface area contributed by atoms with Gasteiger partial charge in [-0.2, -0.15) is 0 Å². The number of ketones is 1. The van der Waals surface area contributed by atoms with Crippen LogP contribution in [0.1, 0.15) is 24.0 Å². The zero-order chi connectivity index (χ0) is 13.1. The van der Waals surface area contributed by atoms with E-state index in [9.17, 15) is 4.79 Å². The Kier molecular flexibility index (Phi) is 4.05. The van der Waals surface area contributed by atoms with Gasteiger partial charge in [-0.15, -0.1) is 0 Å². The number of halogens is 2. The SMILES string of the molecule is CC(=O)C(c1ccc(Cl)cc1)c1ccc(Cl)cc1. The molecule has 2 aromatic carbocycles. The van der Waals surface area contributed by atoms with Crippen molar-refractivity contribution in [2.75, 3.05) is 0 Å². The van der Waals surface area contributed by atoms with Crippen LogP contribution in [-0.4, -0.2) is 5.78 Å². The lowest BCUT2D eigenvalue weighted by molar-refractivity contribution is -0.117. The number of rotatable bonds is 3.